The number of nitrogens with zero attached hydrogens (tertiary/aromatic N) is 3. The second kappa shape index (κ2) is 8.08. The Morgan fingerprint density at radius 2 is 2.03 bits per heavy atom. The fourth-order valence-corrected chi connectivity index (χ4v) is 8.70. The van der Waals surface area contributed by atoms with Crippen LogP contribution in [0.2, 0.25) is 0 Å². The van der Waals surface area contributed by atoms with Gasteiger partial charge in [0.05, 0.1) is 23.9 Å². The van der Waals surface area contributed by atoms with Crippen LogP contribution >= 0.6 is 0 Å². The van der Waals surface area contributed by atoms with Crippen LogP contribution in [0.5, 0.6) is 0 Å². The molecule has 0 amide bonds. The number of hydrogen-bond donors (Lipinski definition) is 1. The first-order valence-corrected chi connectivity index (χ1v) is 13.1. The number of carbonyl (C=O) groups is 1. The number of hydrogen-bond acceptors (Lipinski definition) is 4. The quantitative estimate of drug-likeness (QED) is 0.621. The van der Waals surface area contributed by atoms with Gasteiger partial charge in [0.25, 0.3) is 0 Å². The Balaban J connectivity index is 1.39. The first-order valence-electron chi connectivity index (χ1n) is 13.1. The largest absolute Gasteiger partial charge is 0.390 e. The van der Waals surface area contributed by atoms with Gasteiger partial charge in [0.15, 0.2) is 5.78 Å². The van der Waals surface area contributed by atoms with Gasteiger partial charge in [0.1, 0.15) is 6.07 Å². The van der Waals surface area contributed by atoms with E-state index >= 15 is 0 Å². The highest BCUT2D eigenvalue weighted by atomic mass is 16.3. The van der Waals surface area contributed by atoms with Gasteiger partial charge in [-0.3, -0.25) is 9.48 Å². The highest BCUT2D eigenvalue weighted by Gasteiger charge is 2.60. The number of fused-ring (bicyclic) bond motifs is 5. The summed E-state index contributed by atoms with van der Waals surface area (Å²) < 4.78 is 1.65. The Morgan fingerprint density at radius 3 is 2.76 bits per heavy atom. The molecule has 0 radical (unpaired) electrons. The third-order valence-electron chi connectivity index (χ3n) is 10.6. The molecule has 1 aromatic heterocycles. The van der Waals surface area contributed by atoms with Crippen LogP contribution in [0.3, 0.4) is 0 Å². The molecule has 0 saturated heterocycles. The van der Waals surface area contributed by atoms with Crippen LogP contribution in [0.4, 0.5) is 0 Å². The molecular formula is C28H39N3O2. The van der Waals surface area contributed by atoms with Crippen LogP contribution in [0.25, 0.3) is 0 Å². The fraction of sp³-hybridized carbons (Fsp3) is 0.750. The van der Waals surface area contributed by atoms with E-state index < -0.39 is 5.60 Å². The smallest absolute Gasteiger partial charge is 0.157 e. The molecule has 0 bridgehead atoms. The van der Waals surface area contributed by atoms with Gasteiger partial charge in [-0.25, -0.2) is 0 Å². The van der Waals surface area contributed by atoms with Gasteiger partial charge in [-0.2, -0.15) is 10.4 Å². The molecule has 0 spiro atoms. The number of aliphatic hydroxyl groups is 1. The van der Waals surface area contributed by atoms with E-state index in [1.807, 2.05) is 6.92 Å². The van der Waals surface area contributed by atoms with Crippen molar-refractivity contribution >= 4 is 5.78 Å². The fourth-order valence-electron chi connectivity index (χ4n) is 8.70. The SMILES string of the molecule is CC[C@]12CC[C@H]3[C@@H](CC=C4CC[C@](C)(O)CC[C@@]43C)[C@@H]1CC[C@@H]2C(=O)Cn1cc(C#N)cn1. The minimum atomic E-state index is -0.540. The number of aromatic nitrogens is 2. The molecule has 33 heavy (non-hydrogen) atoms. The van der Waals surface area contributed by atoms with Gasteiger partial charge in [0.2, 0.25) is 0 Å². The first-order chi connectivity index (χ1) is 15.7. The lowest BCUT2D eigenvalue weighted by Gasteiger charge is -2.57. The lowest BCUT2D eigenvalue weighted by molar-refractivity contribution is -0.131. The van der Waals surface area contributed by atoms with Crippen LogP contribution in [-0.4, -0.2) is 26.3 Å². The zero-order chi connectivity index (χ0) is 23.4. The second-order valence-electron chi connectivity index (χ2n) is 12.0. The Bertz CT molecular complexity index is 1000. The molecule has 3 fully saturated rings. The van der Waals surface area contributed by atoms with Crippen molar-refractivity contribution in [3.05, 3.63) is 29.6 Å². The van der Waals surface area contributed by atoms with Crippen LogP contribution in [0, 0.1) is 45.8 Å². The maximum atomic E-state index is 13.5. The highest BCUT2D eigenvalue weighted by Crippen LogP contribution is 2.67. The maximum absolute atomic E-state index is 13.5. The van der Waals surface area contributed by atoms with Crippen molar-refractivity contribution in [1.82, 2.24) is 9.78 Å². The van der Waals surface area contributed by atoms with E-state index in [2.05, 4.69) is 31.1 Å². The molecular weight excluding hydrogens is 410 g/mol. The standard InChI is InChI=1S/C28H39N3O2/c1-4-28-12-10-22-21(6-5-20-9-11-26(2,33)13-14-27(20,22)3)23(28)7-8-24(28)25(32)18-31-17-19(15-29)16-30-31/h5,16-17,21-24,33H,4,6-14,18H2,1-3H3/t21-,22+,23+,24-,26+,27+,28+/m1/s1. The van der Waals surface area contributed by atoms with Gasteiger partial charge in [0, 0.05) is 12.1 Å². The Hall–Kier alpha value is -1.93. The number of nitriles is 1. The predicted octanol–water partition coefficient (Wildman–Crippen LogP) is 5.43. The molecule has 5 rings (SSSR count). The summed E-state index contributed by atoms with van der Waals surface area (Å²) >= 11 is 0. The Morgan fingerprint density at radius 1 is 1.21 bits per heavy atom. The van der Waals surface area contributed by atoms with Crippen molar-refractivity contribution in [2.24, 2.45) is 34.5 Å². The summed E-state index contributed by atoms with van der Waals surface area (Å²) in [5.41, 5.74) is 1.89. The highest BCUT2D eigenvalue weighted by molar-refractivity contribution is 5.82. The second-order valence-corrected chi connectivity index (χ2v) is 12.0. The lowest BCUT2D eigenvalue weighted by atomic mass is 9.47. The molecule has 178 valence electrons. The van der Waals surface area contributed by atoms with Gasteiger partial charge in [-0.1, -0.05) is 25.5 Å². The van der Waals surface area contributed by atoms with Crippen LogP contribution in [-0.2, 0) is 11.3 Å². The third kappa shape index (κ3) is 3.60. The van der Waals surface area contributed by atoms with Crippen molar-refractivity contribution < 1.29 is 9.90 Å². The molecule has 1 N–H and O–H groups in total. The zero-order valence-electron chi connectivity index (χ0n) is 20.5. The molecule has 7 atom stereocenters. The summed E-state index contributed by atoms with van der Waals surface area (Å²) in [7, 11) is 0. The first kappa shape index (κ1) is 22.8. The monoisotopic (exact) mass is 449 g/mol. The van der Waals surface area contributed by atoms with Crippen molar-refractivity contribution in [3.63, 3.8) is 0 Å². The summed E-state index contributed by atoms with van der Waals surface area (Å²) in [6.07, 6.45) is 16.4. The van der Waals surface area contributed by atoms with Crippen molar-refractivity contribution in [3.8, 4) is 6.07 Å². The summed E-state index contributed by atoms with van der Waals surface area (Å²) in [6.45, 7) is 7.08. The van der Waals surface area contributed by atoms with Crippen molar-refractivity contribution in [2.75, 3.05) is 0 Å². The normalized spacial score (nSPS) is 42.3. The molecule has 5 nitrogen and oxygen atoms in total. The van der Waals surface area contributed by atoms with Crippen LogP contribution in [0.1, 0.15) is 90.5 Å². The van der Waals surface area contributed by atoms with Crippen LogP contribution < -0.4 is 0 Å². The average Bonchev–Trinajstić information content (AvgIpc) is 3.39. The molecule has 0 aromatic carbocycles. The van der Waals surface area contributed by atoms with Crippen LogP contribution in [0.15, 0.2) is 24.0 Å². The zero-order valence-corrected chi connectivity index (χ0v) is 20.5. The number of Topliss-reactive ketones (excluding diaryl/α,β-unsaturated/α-hetero) is 1. The van der Waals surface area contributed by atoms with Crippen molar-refractivity contribution in [1.29, 1.82) is 5.26 Å². The van der Waals surface area contributed by atoms with E-state index in [4.69, 9.17) is 5.26 Å². The van der Waals surface area contributed by atoms with E-state index in [9.17, 15) is 9.90 Å². The molecule has 3 saturated carbocycles. The van der Waals surface area contributed by atoms with Crippen molar-refractivity contribution in [2.45, 2.75) is 97.1 Å². The minimum Gasteiger partial charge on any atom is -0.390 e. The summed E-state index contributed by atoms with van der Waals surface area (Å²) in [6, 6.07) is 2.11. The maximum Gasteiger partial charge on any atom is 0.157 e. The number of ketones is 1. The van der Waals surface area contributed by atoms with Gasteiger partial charge in [-0.15, -0.1) is 0 Å². The molecule has 4 aliphatic rings. The summed E-state index contributed by atoms with van der Waals surface area (Å²) in [4.78, 5) is 13.5. The van der Waals surface area contributed by atoms with Gasteiger partial charge < -0.3 is 5.11 Å². The van der Waals surface area contributed by atoms with E-state index in [1.54, 1.807) is 22.6 Å². The topological polar surface area (TPSA) is 78.9 Å². The molecule has 1 heterocycles. The van der Waals surface area contributed by atoms with Gasteiger partial charge >= 0.3 is 0 Å². The molecule has 0 unspecified atom stereocenters. The number of carbonyl (C=O) groups excluding carboxylic acids is 1. The molecule has 0 aliphatic heterocycles. The van der Waals surface area contributed by atoms with E-state index in [-0.39, 0.29) is 23.3 Å². The molecule has 4 aliphatic carbocycles. The van der Waals surface area contributed by atoms with Gasteiger partial charge in [-0.05, 0) is 99.7 Å². The van der Waals surface area contributed by atoms with E-state index in [1.165, 1.54) is 6.42 Å². The number of allylic oxidation sites excluding steroid dienone is 2. The predicted molar refractivity (Wildman–Crippen MR) is 127 cm³/mol. The van der Waals surface area contributed by atoms with E-state index in [0.717, 1.165) is 57.8 Å². The average molecular weight is 450 g/mol. The summed E-state index contributed by atoms with van der Waals surface area (Å²) in [5, 5.41) is 24.1. The molecule has 1 aromatic rings. The Labute approximate surface area is 198 Å². The lowest BCUT2D eigenvalue weighted by Crippen LogP contribution is -2.50. The summed E-state index contributed by atoms with van der Waals surface area (Å²) in [5.74, 6) is 2.35. The molecule has 5 heteroatoms. The third-order valence-corrected chi connectivity index (χ3v) is 10.6. The Kier molecular flexibility index (Phi) is 5.59. The number of rotatable bonds is 4. The van der Waals surface area contributed by atoms with E-state index in [0.29, 0.717) is 29.1 Å². The minimum absolute atomic E-state index is 0.108.